The number of likely N-dealkylation sites (tertiary alicyclic amines) is 1. The van der Waals surface area contributed by atoms with Crippen LogP contribution in [0.3, 0.4) is 0 Å². The zero-order chi connectivity index (χ0) is 13.3. The van der Waals surface area contributed by atoms with Crippen molar-refractivity contribution in [2.45, 2.75) is 26.2 Å². The molecule has 98 valence electrons. The van der Waals surface area contributed by atoms with Gasteiger partial charge in [0.2, 0.25) is 0 Å². The van der Waals surface area contributed by atoms with E-state index in [2.05, 4.69) is 14.7 Å². The molecule has 18 heavy (non-hydrogen) atoms. The van der Waals surface area contributed by atoms with Crippen LogP contribution in [0.15, 0.2) is 20.6 Å². The van der Waals surface area contributed by atoms with Gasteiger partial charge in [-0.15, -0.1) is 0 Å². The smallest absolute Gasteiger partial charge is 0.438 e. The molecular formula is C11H15N3O4. The molecule has 1 aliphatic heterocycles. The summed E-state index contributed by atoms with van der Waals surface area (Å²) in [4.78, 5) is 26.9. The van der Waals surface area contributed by atoms with Crippen LogP contribution in [0.1, 0.15) is 32.0 Å². The molecular weight excluding hydrogens is 238 g/mol. The van der Waals surface area contributed by atoms with Crippen molar-refractivity contribution in [3.8, 4) is 0 Å². The highest BCUT2D eigenvalue weighted by Gasteiger charge is 2.30. The molecule has 1 aliphatic rings. The Labute approximate surface area is 103 Å². The van der Waals surface area contributed by atoms with Crippen LogP contribution in [-0.4, -0.2) is 39.1 Å². The van der Waals surface area contributed by atoms with E-state index in [0.717, 1.165) is 0 Å². The van der Waals surface area contributed by atoms with Gasteiger partial charge < -0.3 is 10.0 Å². The number of amides is 1. The minimum absolute atomic E-state index is 0.0211. The van der Waals surface area contributed by atoms with Gasteiger partial charge in [-0.05, 0) is 20.3 Å². The third kappa shape index (κ3) is 2.29. The Morgan fingerprint density at radius 3 is 2.83 bits per heavy atom. The molecule has 0 radical (unpaired) electrons. The van der Waals surface area contributed by atoms with Gasteiger partial charge in [0.05, 0.1) is 11.3 Å². The standard InChI is InChI=1S/C11H15N3O4/c1-6(7(2)15)10(16)14-4-3-8(5-14)9-12-11(17)18-13-9/h8,15H,3-5H2,1-2H3,(H,12,13,17)/b7-6-. The van der Waals surface area contributed by atoms with Crippen LogP contribution in [0.4, 0.5) is 0 Å². The highest BCUT2D eigenvalue weighted by molar-refractivity contribution is 5.93. The highest BCUT2D eigenvalue weighted by atomic mass is 16.5. The molecule has 1 aromatic heterocycles. The van der Waals surface area contributed by atoms with Crippen molar-refractivity contribution >= 4 is 5.91 Å². The number of hydrogen-bond donors (Lipinski definition) is 2. The summed E-state index contributed by atoms with van der Waals surface area (Å²) in [6.07, 6.45) is 0.714. The lowest BCUT2D eigenvalue weighted by Crippen LogP contribution is -2.29. The van der Waals surface area contributed by atoms with E-state index in [1.54, 1.807) is 11.8 Å². The maximum Gasteiger partial charge on any atom is 0.438 e. The number of aliphatic hydroxyl groups is 1. The SMILES string of the molecule is C/C(O)=C(\C)C(=O)N1CCC(c2noc(=O)[nH]2)C1. The monoisotopic (exact) mass is 253 g/mol. The Morgan fingerprint density at radius 1 is 1.56 bits per heavy atom. The summed E-state index contributed by atoms with van der Waals surface area (Å²) in [6, 6.07) is 0. The molecule has 0 spiro atoms. The van der Waals surface area contributed by atoms with Crippen LogP contribution in [-0.2, 0) is 4.79 Å². The number of H-pyrrole nitrogens is 1. The first-order chi connectivity index (χ1) is 8.49. The van der Waals surface area contributed by atoms with Gasteiger partial charge in [-0.1, -0.05) is 5.16 Å². The molecule has 2 rings (SSSR count). The second-order valence-electron chi connectivity index (χ2n) is 4.43. The first-order valence-electron chi connectivity index (χ1n) is 5.70. The van der Waals surface area contributed by atoms with Crippen molar-refractivity contribution in [2.75, 3.05) is 13.1 Å². The number of rotatable bonds is 2. The van der Waals surface area contributed by atoms with Crippen molar-refractivity contribution in [1.82, 2.24) is 15.0 Å². The molecule has 0 aromatic carbocycles. The normalized spacial score (nSPS) is 21.0. The molecule has 0 bridgehead atoms. The summed E-state index contributed by atoms with van der Waals surface area (Å²) in [5.74, 6) is -0.302. The largest absolute Gasteiger partial charge is 0.512 e. The van der Waals surface area contributed by atoms with Gasteiger partial charge in [0.25, 0.3) is 5.91 Å². The fourth-order valence-electron chi connectivity index (χ4n) is 1.98. The molecule has 2 heterocycles. The van der Waals surface area contributed by atoms with E-state index in [1.165, 1.54) is 6.92 Å². The van der Waals surface area contributed by atoms with Crippen LogP contribution >= 0.6 is 0 Å². The molecule has 7 nitrogen and oxygen atoms in total. The van der Waals surface area contributed by atoms with Gasteiger partial charge in [-0.2, -0.15) is 0 Å². The van der Waals surface area contributed by atoms with Crippen molar-refractivity contribution in [3.63, 3.8) is 0 Å². The quantitative estimate of drug-likeness (QED) is 0.591. The van der Waals surface area contributed by atoms with E-state index in [4.69, 9.17) is 0 Å². The number of aliphatic hydroxyl groups excluding tert-OH is 1. The Balaban J connectivity index is 2.07. The average Bonchev–Trinajstić information content (AvgIpc) is 2.95. The van der Waals surface area contributed by atoms with E-state index in [-0.39, 0.29) is 17.6 Å². The summed E-state index contributed by atoms with van der Waals surface area (Å²) < 4.78 is 4.44. The highest BCUT2D eigenvalue weighted by Crippen LogP contribution is 2.25. The van der Waals surface area contributed by atoms with Crippen molar-refractivity contribution < 1.29 is 14.4 Å². The molecule has 1 saturated heterocycles. The maximum atomic E-state index is 12.0. The molecule has 0 aliphatic carbocycles. The molecule has 2 N–H and O–H groups in total. The van der Waals surface area contributed by atoms with Gasteiger partial charge >= 0.3 is 5.76 Å². The second-order valence-corrected chi connectivity index (χ2v) is 4.43. The first kappa shape index (κ1) is 12.4. The van der Waals surface area contributed by atoms with E-state index in [9.17, 15) is 14.7 Å². The van der Waals surface area contributed by atoms with E-state index in [0.29, 0.717) is 30.9 Å². The number of carbonyl (C=O) groups is 1. The van der Waals surface area contributed by atoms with Crippen molar-refractivity contribution in [2.24, 2.45) is 0 Å². The Bertz CT molecular complexity index is 538. The predicted molar refractivity (Wildman–Crippen MR) is 62.1 cm³/mol. The predicted octanol–water partition coefficient (Wildman–Crippen LogP) is 0.531. The van der Waals surface area contributed by atoms with Gasteiger partial charge in [-0.25, -0.2) is 4.79 Å². The van der Waals surface area contributed by atoms with Gasteiger partial charge in [0.15, 0.2) is 5.82 Å². The number of aromatic nitrogens is 2. The third-order valence-electron chi connectivity index (χ3n) is 3.18. The number of hydrogen-bond acceptors (Lipinski definition) is 5. The van der Waals surface area contributed by atoms with Crippen LogP contribution in [0.2, 0.25) is 0 Å². The zero-order valence-electron chi connectivity index (χ0n) is 10.3. The Hall–Kier alpha value is -2.05. The molecule has 1 fully saturated rings. The van der Waals surface area contributed by atoms with Gasteiger partial charge in [0, 0.05) is 19.0 Å². The second kappa shape index (κ2) is 4.67. The number of nitrogens with zero attached hydrogens (tertiary/aromatic N) is 2. The number of aromatic amines is 1. The zero-order valence-corrected chi connectivity index (χ0v) is 10.3. The fraction of sp³-hybridized carbons (Fsp3) is 0.545. The van der Waals surface area contributed by atoms with Gasteiger partial charge in [-0.3, -0.25) is 14.3 Å². The number of allylic oxidation sites excluding steroid dienone is 1. The van der Waals surface area contributed by atoms with Crippen LogP contribution in [0.25, 0.3) is 0 Å². The van der Waals surface area contributed by atoms with E-state index < -0.39 is 5.76 Å². The van der Waals surface area contributed by atoms with Crippen LogP contribution < -0.4 is 5.76 Å². The topological polar surface area (TPSA) is 99.4 Å². The van der Waals surface area contributed by atoms with Crippen LogP contribution in [0.5, 0.6) is 0 Å². The molecule has 7 heteroatoms. The summed E-state index contributed by atoms with van der Waals surface area (Å²) in [7, 11) is 0. The molecule has 1 atom stereocenters. The van der Waals surface area contributed by atoms with Gasteiger partial charge in [0.1, 0.15) is 0 Å². The lowest BCUT2D eigenvalue weighted by atomic mass is 10.1. The van der Waals surface area contributed by atoms with E-state index in [1.807, 2.05) is 0 Å². The molecule has 1 unspecified atom stereocenters. The minimum atomic E-state index is -0.586. The number of nitrogens with one attached hydrogen (secondary N) is 1. The molecule has 1 amide bonds. The summed E-state index contributed by atoms with van der Waals surface area (Å²) >= 11 is 0. The average molecular weight is 253 g/mol. The lowest BCUT2D eigenvalue weighted by molar-refractivity contribution is -0.126. The first-order valence-corrected chi connectivity index (χ1v) is 5.70. The van der Waals surface area contributed by atoms with E-state index >= 15 is 0 Å². The van der Waals surface area contributed by atoms with Crippen molar-refractivity contribution in [1.29, 1.82) is 0 Å². The Morgan fingerprint density at radius 2 is 2.28 bits per heavy atom. The lowest BCUT2D eigenvalue weighted by Gasteiger charge is -2.16. The van der Waals surface area contributed by atoms with Crippen molar-refractivity contribution in [3.05, 3.63) is 27.7 Å². The minimum Gasteiger partial charge on any atom is -0.512 e. The molecule has 0 saturated carbocycles. The summed E-state index contributed by atoms with van der Waals surface area (Å²) in [5.41, 5.74) is 0.337. The molecule has 1 aromatic rings. The summed E-state index contributed by atoms with van der Waals surface area (Å²) in [5, 5.41) is 12.9. The summed E-state index contributed by atoms with van der Waals surface area (Å²) in [6.45, 7) is 4.10. The third-order valence-corrected chi connectivity index (χ3v) is 3.18. The Kier molecular flexibility index (Phi) is 3.22. The fourth-order valence-corrected chi connectivity index (χ4v) is 1.98. The number of carbonyl (C=O) groups excluding carboxylic acids is 1. The van der Waals surface area contributed by atoms with Crippen LogP contribution in [0, 0.1) is 0 Å². The maximum absolute atomic E-state index is 12.0.